The van der Waals surface area contributed by atoms with Gasteiger partial charge in [-0.2, -0.15) is 13.2 Å². The summed E-state index contributed by atoms with van der Waals surface area (Å²) in [5.41, 5.74) is 6.39. The zero-order chi connectivity index (χ0) is 14.0. The summed E-state index contributed by atoms with van der Waals surface area (Å²) in [5, 5.41) is 0. The highest BCUT2D eigenvalue weighted by Crippen LogP contribution is 2.35. The fraction of sp³-hybridized carbons (Fsp3) is 0.214. The van der Waals surface area contributed by atoms with Gasteiger partial charge in [0, 0.05) is 5.69 Å². The van der Waals surface area contributed by atoms with Crippen LogP contribution >= 0.6 is 0 Å². The number of nitrogens with zero attached hydrogens (tertiary/aromatic N) is 1. The van der Waals surface area contributed by atoms with E-state index in [1.165, 1.54) is 12.1 Å². The maximum atomic E-state index is 12.9. The third-order valence-corrected chi connectivity index (χ3v) is 2.83. The Balaban J connectivity index is 2.48. The topological polar surface area (TPSA) is 38.9 Å². The maximum Gasteiger partial charge on any atom is 0.416 e. The second-order valence-corrected chi connectivity index (χ2v) is 4.27. The molecule has 0 amide bonds. The van der Waals surface area contributed by atoms with E-state index in [2.05, 4.69) is 4.98 Å². The number of alkyl halides is 3. The maximum absolute atomic E-state index is 12.9. The van der Waals surface area contributed by atoms with Gasteiger partial charge >= 0.3 is 6.18 Å². The van der Waals surface area contributed by atoms with Crippen LogP contribution < -0.4 is 5.73 Å². The van der Waals surface area contributed by atoms with Crippen molar-refractivity contribution < 1.29 is 13.2 Å². The van der Waals surface area contributed by atoms with Crippen LogP contribution in [-0.2, 0) is 6.18 Å². The zero-order valence-electron chi connectivity index (χ0n) is 10.3. The molecule has 1 aromatic carbocycles. The Kier molecular flexibility index (Phi) is 3.57. The van der Waals surface area contributed by atoms with Crippen LogP contribution in [0.25, 0.3) is 0 Å². The minimum atomic E-state index is -4.42. The van der Waals surface area contributed by atoms with Gasteiger partial charge in [0.1, 0.15) is 0 Å². The van der Waals surface area contributed by atoms with Gasteiger partial charge in [-0.3, -0.25) is 4.98 Å². The smallest absolute Gasteiger partial charge is 0.319 e. The van der Waals surface area contributed by atoms with Gasteiger partial charge in [0.05, 0.1) is 17.3 Å². The summed E-state index contributed by atoms with van der Waals surface area (Å²) in [6, 6.07) is 9.55. The number of nitrogens with two attached hydrogens (primary N) is 1. The average Bonchev–Trinajstić information content (AvgIpc) is 2.37. The number of benzene rings is 1. The van der Waals surface area contributed by atoms with E-state index in [-0.39, 0.29) is 5.56 Å². The number of aryl methyl sites for hydroxylation is 1. The first-order valence-corrected chi connectivity index (χ1v) is 5.75. The minimum Gasteiger partial charge on any atom is -0.319 e. The lowest BCUT2D eigenvalue weighted by Gasteiger charge is -2.18. The molecular weight excluding hydrogens is 253 g/mol. The molecule has 0 aliphatic heterocycles. The Morgan fingerprint density at radius 2 is 1.74 bits per heavy atom. The van der Waals surface area contributed by atoms with Gasteiger partial charge in [0.2, 0.25) is 0 Å². The minimum absolute atomic E-state index is 0.0353. The van der Waals surface area contributed by atoms with E-state index >= 15 is 0 Å². The standard InChI is InChI=1S/C14H13F3N2/c1-9-5-4-8-12(19-9)13(18)10-6-2-3-7-11(10)14(15,16)17/h2-8,13H,18H2,1H3. The molecule has 0 radical (unpaired) electrons. The van der Waals surface area contributed by atoms with E-state index in [1.807, 2.05) is 0 Å². The van der Waals surface area contributed by atoms with E-state index in [0.29, 0.717) is 5.69 Å². The molecule has 5 heteroatoms. The molecule has 0 bridgehead atoms. The lowest BCUT2D eigenvalue weighted by Crippen LogP contribution is -2.19. The molecule has 100 valence electrons. The van der Waals surface area contributed by atoms with E-state index in [1.54, 1.807) is 31.2 Å². The largest absolute Gasteiger partial charge is 0.416 e. The zero-order valence-corrected chi connectivity index (χ0v) is 10.3. The molecule has 1 unspecified atom stereocenters. The van der Waals surface area contributed by atoms with Crippen molar-refractivity contribution in [3.05, 3.63) is 65.0 Å². The Morgan fingerprint density at radius 1 is 1.05 bits per heavy atom. The third kappa shape index (κ3) is 2.93. The van der Waals surface area contributed by atoms with Gasteiger partial charge < -0.3 is 5.73 Å². The predicted molar refractivity (Wildman–Crippen MR) is 66.4 cm³/mol. The summed E-state index contributed by atoms with van der Waals surface area (Å²) in [6.45, 7) is 1.77. The van der Waals surface area contributed by atoms with E-state index < -0.39 is 17.8 Å². The SMILES string of the molecule is Cc1cccc(C(N)c2ccccc2C(F)(F)F)n1. The van der Waals surface area contributed by atoms with Gasteiger partial charge in [-0.25, -0.2) is 0 Å². The van der Waals surface area contributed by atoms with Crippen molar-refractivity contribution in [3.8, 4) is 0 Å². The first-order chi connectivity index (χ1) is 8.89. The summed E-state index contributed by atoms with van der Waals surface area (Å²) < 4.78 is 38.8. The fourth-order valence-corrected chi connectivity index (χ4v) is 1.92. The lowest BCUT2D eigenvalue weighted by molar-refractivity contribution is -0.138. The van der Waals surface area contributed by atoms with Crippen molar-refractivity contribution in [1.82, 2.24) is 4.98 Å². The highest BCUT2D eigenvalue weighted by atomic mass is 19.4. The monoisotopic (exact) mass is 266 g/mol. The molecule has 2 rings (SSSR count). The highest BCUT2D eigenvalue weighted by Gasteiger charge is 2.34. The van der Waals surface area contributed by atoms with Crippen molar-refractivity contribution in [2.45, 2.75) is 19.1 Å². The summed E-state index contributed by atoms with van der Waals surface area (Å²) in [7, 11) is 0. The molecule has 0 fully saturated rings. The van der Waals surface area contributed by atoms with Crippen LogP contribution in [0.5, 0.6) is 0 Å². The molecule has 0 spiro atoms. The molecule has 1 aromatic heterocycles. The lowest BCUT2D eigenvalue weighted by atomic mass is 9.98. The molecular formula is C14H13F3N2. The van der Waals surface area contributed by atoms with Crippen LogP contribution in [-0.4, -0.2) is 4.98 Å². The van der Waals surface area contributed by atoms with E-state index in [0.717, 1.165) is 11.8 Å². The van der Waals surface area contributed by atoms with Gasteiger partial charge in [-0.05, 0) is 30.7 Å². The Bertz CT molecular complexity index is 579. The summed E-state index contributed by atoms with van der Waals surface area (Å²) in [6.07, 6.45) is -4.42. The summed E-state index contributed by atoms with van der Waals surface area (Å²) in [4.78, 5) is 4.18. The van der Waals surface area contributed by atoms with Crippen LogP contribution in [0.3, 0.4) is 0 Å². The average molecular weight is 266 g/mol. The van der Waals surface area contributed by atoms with Gasteiger partial charge in [0.15, 0.2) is 0 Å². The molecule has 0 saturated heterocycles. The third-order valence-electron chi connectivity index (χ3n) is 2.83. The first-order valence-electron chi connectivity index (χ1n) is 5.75. The molecule has 2 N–H and O–H groups in total. The molecule has 0 saturated carbocycles. The normalized spacial score (nSPS) is 13.3. The fourth-order valence-electron chi connectivity index (χ4n) is 1.92. The van der Waals surface area contributed by atoms with Crippen molar-refractivity contribution in [3.63, 3.8) is 0 Å². The number of rotatable bonds is 2. The van der Waals surface area contributed by atoms with Gasteiger partial charge in [0.25, 0.3) is 0 Å². The van der Waals surface area contributed by atoms with Crippen LogP contribution in [0.2, 0.25) is 0 Å². The molecule has 1 heterocycles. The molecule has 0 aliphatic rings. The number of aromatic nitrogens is 1. The molecule has 2 nitrogen and oxygen atoms in total. The number of hydrogen-bond donors (Lipinski definition) is 1. The highest BCUT2D eigenvalue weighted by molar-refractivity contribution is 5.36. The Morgan fingerprint density at radius 3 is 2.37 bits per heavy atom. The van der Waals surface area contributed by atoms with Crippen LogP contribution in [0.4, 0.5) is 13.2 Å². The van der Waals surface area contributed by atoms with Crippen molar-refractivity contribution in [2.75, 3.05) is 0 Å². The first kappa shape index (κ1) is 13.5. The van der Waals surface area contributed by atoms with Crippen LogP contribution in [0.1, 0.15) is 28.6 Å². The van der Waals surface area contributed by atoms with E-state index in [9.17, 15) is 13.2 Å². The van der Waals surface area contributed by atoms with Crippen molar-refractivity contribution in [1.29, 1.82) is 0 Å². The van der Waals surface area contributed by atoms with Crippen LogP contribution in [0, 0.1) is 6.92 Å². The quantitative estimate of drug-likeness (QED) is 0.904. The molecule has 0 aliphatic carbocycles. The summed E-state index contributed by atoms with van der Waals surface area (Å²) in [5.74, 6) is 0. The molecule has 1 atom stereocenters. The van der Waals surface area contributed by atoms with Gasteiger partial charge in [-0.15, -0.1) is 0 Å². The number of halogens is 3. The van der Waals surface area contributed by atoms with Crippen molar-refractivity contribution >= 4 is 0 Å². The number of hydrogen-bond acceptors (Lipinski definition) is 2. The summed E-state index contributed by atoms with van der Waals surface area (Å²) >= 11 is 0. The molecule has 2 aromatic rings. The van der Waals surface area contributed by atoms with Gasteiger partial charge in [-0.1, -0.05) is 24.3 Å². The Labute approximate surface area is 109 Å². The van der Waals surface area contributed by atoms with Crippen molar-refractivity contribution in [2.24, 2.45) is 5.73 Å². The predicted octanol–water partition coefficient (Wildman–Crippen LogP) is 3.46. The number of pyridine rings is 1. The Hall–Kier alpha value is -1.88. The second kappa shape index (κ2) is 5.01. The molecule has 19 heavy (non-hydrogen) atoms. The second-order valence-electron chi connectivity index (χ2n) is 4.27. The van der Waals surface area contributed by atoms with E-state index in [4.69, 9.17) is 5.73 Å². The van der Waals surface area contributed by atoms with Crippen LogP contribution in [0.15, 0.2) is 42.5 Å².